The minimum atomic E-state index is -4.12. The number of fused-ring (bicyclic) bond motifs is 4. The number of benzene rings is 2. The van der Waals surface area contributed by atoms with Gasteiger partial charge in [0.25, 0.3) is 21.5 Å². The van der Waals surface area contributed by atoms with Crippen LogP contribution in [0, 0.1) is 0 Å². The van der Waals surface area contributed by atoms with E-state index in [0.29, 0.717) is 16.1 Å². The molecule has 0 amide bonds. The van der Waals surface area contributed by atoms with Crippen molar-refractivity contribution in [2.24, 2.45) is 0 Å². The van der Waals surface area contributed by atoms with E-state index in [0.717, 1.165) is 20.7 Å². The zero-order valence-electron chi connectivity index (χ0n) is 16.4. The molecule has 2 aromatic carbocycles. The summed E-state index contributed by atoms with van der Waals surface area (Å²) in [5.74, 6) is -0.893. The van der Waals surface area contributed by atoms with Gasteiger partial charge in [-0.15, -0.1) is 11.3 Å². The van der Waals surface area contributed by atoms with Crippen molar-refractivity contribution in [2.75, 3.05) is 17.7 Å². The van der Waals surface area contributed by atoms with Crippen LogP contribution in [0.15, 0.2) is 61.5 Å². The molecule has 1 N–H and O–H groups in total. The maximum atomic E-state index is 15.8. The molecule has 0 atom stereocenters. The lowest BCUT2D eigenvalue weighted by molar-refractivity contribution is -0.678. The van der Waals surface area contributed by atoms with E-state index >= 15 is 4.39 Å². The number of anilines is 1. The Kier molecular flexibility index (Phi) is 5.04. The van der Waals surface area contributed by atoms with Crippen LogP contribution in [0.1, 0.15) is 12.3 Å². The highest BCUT2D eigenvalue weighted by Crippen LogP contribution is 2.50. The first-order valence-electron chi connectivity index (χ1n) is 9.52. The number of hydrogen-bond donors (Lipinski definition) is 1. The molecule has 5 rings (SSSR count). The number of halogens is 1. The molecular weight excluding hydrogens is 459 g/mol. The van der Waals surface area contributed by atoms with Gasteiger partial charge in [-0.05, 0) is 29.0 Å². The molecule has 0 spiro atoms. The molecule has 0 radical (unpaired) electrons. The summed E-state index contributed by atoms with van der Waals surface area (Å²) in [6.07, 6.45) is 0.118. The Morgan fingerprint density at radius 3 is 2.81 bits per heavy atom. The van der Waals surface area contributed by atoms with E-state index in [9.17, 15) is 8.42 Å². The van der Waals surface area contributed by atoms with Gasteiger partial charge in [0.15, 0.2) is 6.54 Å². The molecule has 2 aromatic heterocycles. The quantitative estimate of drug-likeness (QED) is 0.320. The molecule has 10 heteroatoms. The van der Waals surface area contributed by atoms with Crippen LogP contribution in [0.2, 0.25) is 0 Å². The topological polar surface area (TPSA) is 74.6 Å². The summed E-state index contributed by atoms with van der Waals surface area (Å²) in [6, 6.07) is 13.3. The van der Waals surface area contributed by atoms with Gasteiger partial charge in [0.05, 0.1) is 21.0 Å². The third kappa shape index (κ3) is 3.63. The van der Waals surface area contributed by atoms with Gasteiger partial charge < -0.3 is 9.32 Å². The van der Waals surface area contributed by atoms with Crippen LogP contribution in [-0.4, -0.2) is 25.8 Å². The zero-order chi connectivity index (χ0) is 21.8. The molecule has 160 valence electrons. The molecule has 0 fully saturated rings. The van der Waals surface area contributed by atoms with Gasteiger partial charge in [-0.3, -0.25) is 4.55 Å². The number of oxazole rings is 1. The third-order valence-corrected chi connectivity index (χ3v) is 8.29. The van der Waals surface area contributed by atoms with E-state index < -0.39 is 21.7 Å². The van der Waals surface area contributed by atoms with E-state index in [4.69, 9.17) is 8.97 Å². The molecule has 0 saturated carbocycles. The number of nitrogens with zero attached hydrogens (tertiary/aromatic N) is 2. The fraction of sp³-hybridized carbons (Fsp3) is 0.190. The van der Waals surface area contributed by atoms with Crippen molar-refractivity contribution in [1.29, 1.82) is 0 Å². The molecule has 1 aliphatic rings. The average molecular weight is 478 g/mol. The zero-order valence-corrected chi connectivity index (χ0v) is 18.9. The predicted octanol–water partition coefficient (Wildman–Crippen LogP) is 5.05. The monoisotopic (exact) mass is 477 g/mol. The Balaban J connectivity index is 1.68. The van der Waals surface area contributed by atoms with Gasteiger partial charge in [-0.25, -0.2) is 0 Å². The fourth-order valence-electron chi connectivity index (χ4n) is 3.80. The van der Waals surface area contributed by atoms with Crippen molar-refractivity contribution in [2.45, 2.75) is 17.2 Å². The molecule has 6 nitrogen and oxygen atoms in total. The summed E-state index contributed by atoms with van der Waals surface area (Å²) in [7, 11) is -2.31. The molecule has 0 unspecified atom stereocenters. The van der Waals surface area contributed by atoms with E-state index in [1.807, 2.05) is 41.8 Å². The van der Waals surface area contributed by atoms with Gasteiger partial charge in [0.2, 0.25) is 5.58 Å². The maximum Gasteiger partial charge on any atom is 0.414 e. The Hall–Kier alpha value is -2.40. The number of thiophene rings is 1. The smallest absolute Gasteiger partial charge is 0.396 e. The second-order valence-electron chi connectivity index (χ2n) is 7.21. The summed E-state index contributed by atoms with van der Waals surface area (Å²) < 4.78 is 56.1. The van der Waals surface area contributed by atoms with E-state index in [1.165, 1.54) is 11.8 Å². The number of rotatable bonds is 5. The molecule has 3 heterocycles. The Bertz CT molecular complexity index is 1460. The predicted molar refractivity (Wildman–Crippen MR) is 122 cm³/mol. The van der Waals surface area contributed by atoms with Gasteiger partial charge >= 0.3 is 5.89 Å². The van der Waals surface area contributed by atoms with Crippen molar-refractivity contribution in [3.8, 4) is 0 Å². The van der Waals surface area contributed by atoms with Gasteiger partial charge in [0, 0.05) is 13.5 Å². The summed E-state index contributed by atoms with van der Waals surface area (Å²) in [4.78, 5) is 1.79. The lowest BCUT2D eigenvalue weighted by Gasteiger charge is -2.11. The molecule has 4 aromatic rings. The fourth-order valence-corrected chi connectivity index (χ4v) is 6.43. The molecular formula is C21H18FN2O4S3+. The van der Waals surface area contributed by atoms with Crippen molar-refractivity contribution in [1.82, 2.24) is 0 Å². The first kappa shape index (κ1) is 20.5. The van der Waals surface area contributed by atoms with Crippen LogP contribution in [0.3, 0.4) is 0 Å². The lowest BCUT2D eigenvalue weighted by atomic mass is 10.1. The van der Waals surface area contributed by atoms with Crippen LogP contribution in [0.5, 0.6) is 0 Å². The standard InChI is InChI=1S/C21H17FN2O4S3/c1-23-15-9-11-29-21(15)30-20(23)17(22)19-24(10-4-12-31(25,26)27)18-14-6-3-2-5-13(14)7-8-16(18)28-19/h2-3,5-9,11H,4,10,12H2,1H3/p+1. The van der Waals surface area contributed by atoms with Crippen molar-refractivity contribution < 1.29 is 26.3 Å². The van der Waals surface area contributed by atoms with Crippen LogP contribution in [-0.2, 0) is 16.7 Å². The molecule has 0 saturated heterocycles. The van der Waals surface area contributed by atoms with Gasteiger partial charge in [-0.1, -0.05) is 36.0 Å². The summed E-state index contributed by atoms with van der Waals surface area (Å²) in [6.45, 7) is 0.174. The van der Waals surface area contributed by atoms with Crippen molar-refractivity contribution >= 4 is 66.6 Å². The van der Waals surface area contributed by atoms with Crippen LogP contribution < -0.4 is 9.47 Å². The third-order valence-electron chi connectivity index (χ3n) is 5.21. The second-order valence-corrected chi connectivity index (χ2v) is 11.0. The maximum absolute atomic E-state index is 15.8. The minimum Gasteiger partial charge on any atom is -0.396 e. The van der Waals surface area contributed by atoms with Crippen LogP contribution in [0.25, 0.3) is 27.7 Å². The van der Waals surface area contributed by atoms with Gasteiger partial charge in [-0.2, -0.15) is 17.4 Å². The summed E-state index contributed by atoms with van der Waals surface area (Å²) in [5.41, 5.74) is 2.15. The van der Waals surface area contributed by atoms with Crippen molar-refractivity contribution in [3.05, 3.63) is 58.8 Å². The molecule has 1 aliphatic heterocycles. The van der Waals surface area contributed by atoms with Crippen LogP contribution >= 0.6 is 23.1 Å². The SMILES string of the molecule is CN1C(=C(F)c2oc3ccc4ccccc4c3[n+]2CCCS(=O)(=O)O)Sc2sccc21. The average Bonchev–Trinajstić information content (AvgIpc) is 3.41. The van der Waals surface area contributed by atoms with E-state index in [1.54, 1.807) is 33.9 Å². The van der Waals surface area contributed by atoms with E-state index in [2.05, 4.69) is 0 Å². The molecule has 0 bridgehead atoms. The normalized spacial score (nSPS) is 15.8. The summed E-state index contributed by atoms with van der Waals surface area (Å²) >= 11 is 2.89. The number of aryl methyl sites for hydroxylation is 1. The lowest BCUT2D eigenvalue weighted by Crippen LogP contribution is -2.37. The first-order valence-corrected chi connectivity index (χ1v) is 12.8. The molecule has 0 aliphatic carbocycles. The van der Waals surface area contributed by atoms with Gasteiger partial charge in [0.1, 0.15) is 5.03 Å². The van der Waals surface area contributed by atoms with Crippen LogP contribution in [0.4, 0.5) is 10.1 Å². The number of hydrogen-bond acceptors (Lipinski definition) is 6. The Morgan fingerprint density at radius 2 is 2.03 bits per heavy atom. The van der Waals surface area contributed by atoms with Crippen molar-refractivity contribution in [3.63, 3.8) is 0 Å². The highest BCUT2D eigenvalue weighted by Gasteiger charge is 2.35. The Labute approximate surface area is 186 Å². The molecule has 31 heavy (non-hydrogen) atoms. The highest BCUT2D eigenvalue weighted by molar-refractivity contribution is 8.05. The number of thioether (sulfide) groups is 1. The summed E-state index contributed by atoms with van der Waals surface area (Å²) in [5, 5.41) is 4.24. The number of aromatic nitrogens is 1. The highest BCUT2D eigenvalue weighted by atomic mass is 32.2. The Morgan fingerprint density at radius 1 is 1.23 bits per heavy atom. The first-order chi connectivity index (χ1) is 14.8. The van der Waals surface area contributed by atoms with E-state index in [-0.39, 0.29) is 18.9 Å². The largest absolute Gasteiger partial charge is 0.414 e. The minimum absolute atomic E-state index is 0.0335. The second kappa shape index (κ2) is 7.63.